The predicted octanol–water partition coefficient (Wildman–Crippen LogP) is 6.01. The maximum absolute atomic E-state index is 13.6. The largest absolute Gasteiger partial charge is 0.416 e. The molecule has 186 valence electrons. The Bertz CT molecular complexity index is 1250. The van der Waals surface area contributed by atoms with Gasteiger partial charge in [-0.2, -0.15) is 13.2 Å². The zero-order valence-corrected chi connectivity index (χ0v) is 20.0. The molecule has 1 heterocycles. The number of anilines is 1. The minimum atomic E-state index is -4.40. The topological polar surface area (TPSA) is 40.6 Å². The molecule has 3 aromatic carbocycles. The SMILES string of the molecule is Cc1ccc(S(=O)(=O)N(c2ccc(F)cc2)C2CCN(Cc3cccc(C(F)(F)F)c3)CC2)cc1. The van der Waals surface area contributed by atoms with Crippen molar-refractivity contribution in [3.05, 3.63) is 95.3 Å². The van der Waals surface area contributed by atoms with Crippen molar-refractivity contribution in [2.75, 3.05) is 17.4 Å². The van der Waals surface area contributed by atoms with E-state index >= 15 is 0 Å². The smallest absolute Gasteiger partial charge is 0.299 e. The molecule has 1 aliphatic heterocycles. The minimum Gasteiger partial charge on any atom is -0.299 e. The number of benzene rings is 3. The summed E-state index contributed by atoms with van der Waals surface area (Å²) < 4.78 is 81.4. The van der Waals surface area contributed by atoms with Crippen molar-refractivity contribution >= 4 is 15.7 Å². The highest BCUT2D eigenvalue weighted by atomic mass is 32.2. The number of hydrogen-bond acceptors (Lipinski definition) is 3. The molecule has 0 unspecified atom stereocenters. The molecule has 0 aromatic heterocycles. The lowest BCUT2D eigenvalue weighted by Crippen LogP contribution is -2.47. The molecule has 35 heavy (non-hydrogen) atoms. The van der Waals surface area contributed by atoms with Gasteiger partial charge < -0.3 is 0 Å². The van der Waals surface area contributed by atoms with E-state index in [4.69, 9.17) is 0 Å². The van der Waals surface area contributed by atoms with Gasteiger partial charge in [0.1, 0.15) is 5.82 Å². The van der Waals surface area contributed by atoms with Crippen molar-refractivity contribution in [3.63, 3.8) is 0 Å². The molecule has 4 nitrogen and oxygen atoms in total. The Kier molecular flexibility index (Phi) is 7.19. The molecule has 0 radical (unpaired) electrons. The first-order chi connectivity index (χ1) is 16.5. The van der Waals surface area contributed by atoms with Crippen molar-refractivity contribution in [2.24, 2.45) is 0 Å². The lowest BCUT2D eigenvalue weighted by molar-refractivity contribution is -0.137. The van der Waals surface area contributed by atoms with Gasteiger partial charge in [-0.3, -0.25) is 9.21 Å². The summed E-state index contributed by atoms with van der Waals surface area (Å²) in [4.78, 5) is 2.17. The highest BCUT2D eigenvalue weighted by molar-refractivity contribution is 7.92. The van der Waals surface area contributed by atoms with Crippen molar-refractivity contribution < 1.29 is 26.0 Å². The van der Waals surface area contributed by atoms with E-state index in [2.05, 4.69) is 0 Å². The van der Waals surface area contributed by atoms with E-state index in [1.165, 1.54) is 34.6 Å². The van der Waals surface area contributed by atoms with Crippen molar-refractivity contribution in [3.8, 4) is 0 Å². The Morgan fingerprint density at radius 3 is 2.17 bits per heavy atom. The average molecular weight is 507 g/mol. The van der Waals surface area contributed by atoms with Crippen LogP contribution in [0.5, 0.6) is 0 Å². The van der Waals surface area contributed by atoms with E-state index in [0.717, 1.165) is 17.7 Å². The quantitative estimate of drug-likeness (QED) is 0.385. The van der Waals surface area contributed by atoms with Gasteiger partial charge in [0.15, 0.2) is 0 Å². The van der Waals surface area contributed by atoms with Crippen LogP contribution in [0.1, 0.15) is 29.5 Å². The molecule has 0 aliphatic carbocycles. The van der Waals surface area contributed by atoms with Crippen molar-refractivity contribution in [1.29, 1.82) is 0 Å². The van der Waals surface area contributed by atoms with E-state index in [1.807, 2.05) is 11.8 Å². The van der Waals surface area contributed by atoms with Crippen LogP contribution in [0.15, 0.2) is 77.7 Å². The molecule has 0 spiro atoms. The number of rotatable bonds is 6. The van der Waals surface area contributed by atoms with Crippen LogP contribution < -0.4 is 4.31 Å². The first-order valence-corrected chi connectivity index (χ1v) is 12.7. The summed E-state index contributed by atoms with van der Waals surface area (Å²) in [5.41, 5.74) is 1.18. The number of piperidine rings is 1. The molecule has 4 rings (SSSR count). The zero-order chi connectivity index (χ0) is 25.2. The Labute approximate surface area is 202 Å². The van der Waals surface area contributed by atoms with E-state index in [9.17, 15) is 26.0 Å². The van der Waals surface area contributed by atoms with E-state index in [0.29, 0.717) is 43.7 Å². The lowest BCUT2D eigenvalue weighted by Gasteiger charge is -2.39. The number of sulfonamides is 1. The van der Waals surface area contributed by atoms with Crippen LogP contribution in [0.3, 0.4) is 0 Å². The Hall–Kier alpha value is -2.91. The first kappa shape index (κ1) is 25.2. The van der Waals surface area contributed by atoms with Gasteiger partial charge in [-0.1, -0.05) is 35.9 Å². The molecule has 1 saturated heterocycles. The predicted molar refractivity (Wildman–Crippen MR) is 127 cm³/mol. The van der Waals surface area contributed by atoms with Crippen molar-refractivity contribution in [1.82, 2.24) is 4.90 Å². The van der Waals surface area contributed by atoms with Crippen LogP contribution in [0.25, 0.3) is 0 Å². The van der Waals surface area contributed by atoms with Crippen LogP contribution in [0.4, 0.5) is 23.2 Å². The van der Waals surface area contributed by atoms with Gasteiger partial charge in [-0.15, -0.1) is 0 Å². The maximum atomic E-state index is 13.6. The molecule has 1 fully saturated rings. The van der Waals surface area contributed by atoms with Gasteiger partial charge in [-0.25, -0.2) is 12.8 Å². The minimum absolute atomic E-state index is 0.152. The highest BCUT2D eigenvalue weighted by Crippen LogP contribution is 2.32. The van der Waals surface area contributed by atoms with Crippen LogP contribution in [0, 0.1) is 12.7 Å². The van der Waals surface area contributed by atoms with E-state index < -0.39 is 27.6 Å². The number of aryl methyl sites for hydroxylation is 1. The van der Waals surface area contributed by atoms with Crippen molar-refractivity contribution in [2.45, 2.75) is 43.4 Å². The molecule has 9 heteroatoms. The summed E-state index contributed by atoms with van der Waals surface area (Å²) >= 11 is 0. The van der Waals surface area contributed by atoms with Crippen LogP contribution in [-0.2, 0) is 22.7 Å². The number of nitrogens with zero attached hydrogens (tertiary/aromatic N) is 2. The fourth-order valence-corrected chi connectivity index (χ4v) is 6.08. The molecular formula is C26H26F4N2O2S. The lowest BCUT2D eigenvalue weighted by atomic mass is 10.0. The standard InChI is InChI=1S/C26H26F4N2O2S/c1-19-5-11-25(12-6-19)35(33,34)32(23-9-7-22(27)8-10-23)24-13-15-31(16-14-24)18-20-3-2-4-21(17-20)26(28,29)30/h2-12,17,24H,13-16,18H2,1H3. The van der Waals surface area contributed by atoms with Gasteiger partial charge >= 0.3 is 6.18 Å². The van der Waals surface area contributed by atoms with Gasteiger partial charge in [0, 0.05) is 25.7 Å². The monoisotopic (exact) mass is 506 g/mol. The van der Waals surface area contributed by atoms with Crippen LogP contribution >= 0.6 is 0 Å². The zero-order valence-electron chi connectivity index (χ0n) is 19.2. The Morgan fingerprint density at radius 2 is 1.57 bits per heavy atom. The second-order valence-corrected chi connectivity index (χ2v) is 10.6. The van der Waals surface area contributed by atoms with Gasteiger partial charge in [0.2, 0.25) is 0 Å². The maximum Gasteiger partial charge on any atom is 0.416 e. The third-order valence-corrected chi connectivity index (χ3v) is 8.10. The Morgan fingerprint density at radius 1 is 0.943 bits per heavy atom. The van der Waals surface area contributed by atoms with Gasteiger partial charge in [0.05, 0.1) is 16.1 Å². The first-order valence-electron chi connectivity index (χ1n) is 11.3. The van der Waals surface area contributed by atoms with Crippen LogP contribution in [0.2, 0.25) is 0 Å². The molecule has 0 atom stereocenters. The fourth-order valence-electron chi connectivity index (χ4n) is 4.37. The molecule has 0 saturated carbocycles. The summed E-state index contributed by atoms with van der Waals surface area (Å²) in [6, 6.07) is 16.8. The number of hydrogen-bond donors (Lipinski definition) is 0. The third kappa shape index (κ3) is 5.85. The second-order valence-electron chi connectivity index (χ2n) is 8.80. The van der Waals surface area contributed by atoms with E-state index in [1.54, 1.807) is 30.3 Å². The molecule has 3 aromatic rings. The molecule has 0 N–H and O–H groups in total. The normalized spacial score (nSPS) is 15.8. The molecule has 0 amide bonds. The average Bonchev–Trinajstić information content (AvgIpc) is 2.81. The summed E-state index contributed by atoms with van der Waals surface area (Å²) in [6.07, 6.45) is -3.42. The molecular weight excluding hydrogens is 480 g/mol. The van der Waals surface area contributed by atoms with Gasteiger partial charge in [-0.05, 0) is 67.8 Å². The summed E-state index contributed by atoms with van der Waals surface area (Å²) in [5.74, 6) is -0.461. The molecule has 0 bridgehead atoms. The summed E-state index contributed by atoms with van der Waals surface area (Å²) in [5, 5.41) is 0. The fraction of sp³-hybridized carbons (Fsp3) is 0.308. The number of halogens is 4. The van der Waals surface area contributed by atoms with Crippen LogP contribution in [-0.4, -0.2) is 32.4 Å². The Balaban J connectivity index is 1.54. The number of likely N-dealkylation sites (tertiary alicyclic amines) is 1. The molecule has 1 aliphatic rings. The second kappa shape index (κ2) is 9.99. The van der Waals surface area contributed by atoms with E-state index in [-0.39, 0.29) is 10.9 Å². The number of alkyl halides is 3. The highest BCUT2D eigenvalue weighted by Gasteiger charge is 2.34. The summed E-state index contributed by atoms with van der Waals surface area (Å²) in [7, 11) is -3.91. The summed E-state index contributed by atoms with van der Waals surface area (Å²) in [6.45, 7) is 3.25. The third-order valence-electron chi connectivity index (χ3n) is 6.21. The van der Waals surface area contributed by atoms with Gasteiger partial charge in [0.25, 0.3) is 10.0 Å².